The molecule has 25 heavy (non-hydrogen) atoms. The zero-order valence-electron chi connectivity index (χ0n) is 14.2. The number of aromatic amines is 1. The molecule has 1 fully saturated rings. The number of aryl methyl sites for hydroxylation is 1. The predicted octanol–water partition coefficient (Wildman–Crippen LogP) is 2.51. The first kappa shape index (κ1) is 17.0. The zero-order valence-corrected chi connectivity index (χ0v) is 14.2. The Morgan fingerprint density at radius 1 is 1.32 bits per heavy atom. The van der Waals surface area contributed by atoms with E-state index in [0.717, 1.165) is 29.7 Å². The summed E-state index contributed by atoms with van der Waals surface area (Å²) in [6, 6.07) is 7.04. The fraction of sp³-hybridized carbons (Fsp3) is 0.389. The summed E-state index contributed by atoms with van der Waals surface area (Å²) in [5, 5.41) is 19.0. The Balaban J connectivity index is 1.56. The van der Waals surface area contributed by atoms with Crippen LogP contribution in [0.25, 0.3) is 0 Å². The van der Waals surface area contributed by atoms with Crippen molar-refractivity contribution < 1.29 is 14.7 Å². The van der Waals surface area contributed by atoms with Crippen molar-refractivity contribution in [1.29, 1.82) is 0 Å². The van der Waals surface area contributed by atoms with Gasteiger partial charge in [-0.05, 0) is 37.3 Å². The molecular weight excluding hydrogens is 320 g/mol. The van der Waals surface area contributed by atoms with Crippen molar-refractivity contribution in [2.75, 3.05) is 13.1 Å². The van der Waals surface area contributed by atoms with E-state index in [1.165, 1.54) is 0 Å². The average molecular weight is 342 g/mol. The number of benzene rings is 1. The van der Waals surface area contributed by atoms with E-state index in [0.29, 0.717) is 25.2 Å². The van der Waals surface area contributed by atoms with Gasteiger partial charge in [-0.2, -0.15) is 5.10 Å². The molecular formula is C18H22N4O3. The topological polar surface area (TPSA) is 98.3 Å². The summed E-state index contributed by atoms with van der Waals surface area (Å²) in [6.45, 7) is 3.60. The van der Waals surface area contributed by atoms with Gasteiger partial charge < -0.3 is 15.3 Å². The molecule has 7 heteroatoms. The highest BCUT2D eigenvalue weighted by molar-refractivity contribution is 5.89. The molecule has 2 heterocycles. The normalized spacial score (nSPS) is 15.2. The number of carbonyl (C=O) groups is 2. The van der Waals surface area contributed by atoms with Crippen molar-refractivity contribution in [2.24, 2.45) is 0 Å². The van der Waals surface area contributed by atoms with Crippen LogP contribution in [-0.4, -0.2) is 45.3 Å². The Labute approximate surface area is 146 Å². The van der Waals surface area contributed by atoms with Gasteiger partial charge in [-0.25, -0.2) is 9.59 Å². The second-order valence-electron chi connectivity index (χ2n) is 6.33. The smallest absolute Gasteiger partial charge is 0.335 e. The number of likely N-dealkylation sites (tertiary alicyclic amines) is 1. The van der Waals surface area contributed by atoms with Crippen LogP contribution >= 0.6 is 0 Å². The van der Waals surface area contributed by atoms with Crippen LogP contribution in [0, 0.1) is 6.92 Å². The number of aromatic nitrogens is 2. The van der Waals surface area contributed by atoms with Crippen molar-refractivity contribution in [1.82, 2.24) is 20.4 Å². The number of aromatic carboxylic acids is 1. The number of carboxylic acids is 1. The number of carbonyl (C=O) groups excluding carboxylic acids is 1. The first-order valence-electron chi connectivity index (χ1n) is 8.40. The maximum absolute atomic E-state index is 12.3. The van der Waals surface area contributed by atoms with Crippen molar-refractivity contribution in [3.8, 4) is 0 Å². The predicted molar refractivity (Wildman–Crippen MR) is 92.5 cm³/mol. The quantitative estimate of drug-likeness (QED) is 0.795. The third kappa shape index (κ3) is 3.81. The second kappa shape index (κ2) is 7.38. The molecule has 1 aromatic heterocycles. The van der Waals surface area contributed by atoms with E-state index >= 15 is 0 Å². The minimum absolute atomic E-state index is 0.0921. The van der Waals surface area contributed by atoms with Crippen LogP contribution < -0.4 is 5.32 Å². The van der Waals surface area contributed by atoms with Gasteiger partial charge in [0.2, 0.25) is 0 Å². The van der Waals surface area contributed by atoms with Crippen LogP contribution in [0.3, 0.4) is 0 Å². The molecule has 2 amide bonds. The summed E-state index contributed by atoms with van der Waals surface area (Å²) in [5.41, 5.74) is 3.15. The molecule has 0 spiro atoms. The molecule has 1 aliphatic heterocycles. The van der Waals surface area contributed by atoms with Crippen molar-refractivity contribution >= 4 is 12.0 Å². The Morgan fingerprint density at radius 3 is 2.68 bits per heavy atom. The number of nitrogens with one attached hydrogen (secondary N) is 2. The number of amides is 2. The first-order valence-corrected chi connectivity index (χ1v) is 8.40. The van der Waals surface area contributed by atoms with E-state index in [2.05, 4.69) is 15.5 Å². The third-order valence-electron chi connectivity index (χ3n) is 4.78. The molecule has 1 aliphatic rings. The average Bonchev–Trinajstić information content (AvgIpc) is 3.04. The Hall–Kier alpha value is -2.83. The maximum Gasteiger partial charge on any atom is 0.335 e. The van der Waals surface area contributed by atoms with Gasteiger partial charge in [0.1, 0.15) is 0 Å². The van der Waals surface area contributed by atoms with Gasteiger partial charge in [0.15, 0.2) is 0 Å². The second-order valence-corrected chi connectivity index (χ2v) is 6.33. The minimum atomic E-state index is -0.897. The number of piperidine rings is 1. The number of H-pyrrole nitrogens is 1. The monoisotopic (exact) mass is 342 g/mol. The molecule has 3 N–H and O–H groups in total. The van der Waals surface area contributed by atoms with Crippen LogP contribution in [0.2, 0.25) is 0 Å². The number of hydrogen-bond acceptors (Lipinski definition) is 3. The molecule has 0 saturated carbocycles. The number of urea groups is 1. The highest BCUT2D eigenvalue weighted by atomic mass is 16.4. The number of nitrogens with zero attached hydrogens (tertiary/aromatic N) is 2. The summed E-state index contributed by atoms with van der Waals surface area (Å²) < 4.78 is 0. The lowest BCUT2D eigenvalue weighted by atomic mass is 9.86. The van der Waals surface area contributed by atoms with Crippen LogP contribution in [0.15, 0.2) is 30.5 Å². The minimum Gasteiger partial charge on any atom is -0.478 e. The molecule has 0 radical (unpaired) electrons. The summed E-state index contributed by atoms with van der Waals surface area (Å²) in [6.07, 6.45) is 3.25. The highest BCUT2D eigenvalue weighted by Crippen LogP contribution is 2.30. The van der Waals surface area contributed by atoms with Crippen LogP contribution in [0.1, 0.15) is 45.9 Å². The fourth-order valence-corrected chi connectivity index (χ4v) is 3.28. The molecule has 1 saturated heterocycles. The molecule has 0 atom stereocenters. The van der Waals surface area contributed by atoms with Gasteiger partial charge >= 0.3 is 12.0 Å². The summed E-state index contributed by atoms with van der Waals surface area (Å²) in [7, 11) is 0. The lowest BCUT2D eigenvalue weighted by Gasteiger charge is -2.32. The first-order chi connectivity index (χ1) is 12.1. The summed E-state index contributed by atoms with van der Waals surface area (Å²) in [5.74, 6) is -0.723. The van der Waals surface area contributed by atoms with Crippen LogP contribution in [0.5, 0.6) is 0 Å². The maximum atomic E-state index is 12.3. The lowest BCUT2D eigenvalue weighted by molar-refractivity contribution is 0.0694. The summed E-state index contributed by atoms with van der Waals surface area (Å²) >= 11 is 0. The molecule has 0 unspecified atom stereocenters. The van der Waals surface area contributed by atoms with Gasteiger partial charge in [-0.3, -0.25) is 5.10 Å². The van der Waals surface area contributed by atoms with E-state index < -0.39 is 5.97 Å². The van der Waals surface area contributed by atoms with Gasteiger partial charge in [0, 0.05) is 30.9 Å². The highest BCUT2D eigenvalue weighted by Gasteiger charge is 2.26. The van der Waals surface area contributed by atoms with Gasteiger partial charge in [0.25, 0.3) is 0 Å². The van der Waals surface area contributed by atoms with E-state index in [9.17, 15) is 14.7 Å². The Morgan fingerprint density at radius 2 is 2.04 bits per heavy atom. The summed E-state index contributed by atoms with van der Waals surface area (Å²) in [4.78, 5) is 25.5. The number of carboxylic acid groups (broad SMARTS) is 1. The molecule has 0 aliphatic carbocycles. The number of rotatable bonds is 4. The van der Waals surface area contributed by atoms with E-state index in [1.807, 2.05) is 19.1 Å². The van der Waals surface area contributed by atoms with Gasteiger partial charge in [-0.1, -0.05) is 18.2 Å². The van der Waals surface area contributed by atoms with Crippen LogP contribution in [-0.2, 0) is 6.54 Å². The fourth-order valence-electron chi connectivity index (χ4n) is 3.28. The molecule has 1 aromatic carbocycles. The Kier molecular flexibility index (Phi) is 5.02. The van der Waals surface area contributed by atoms with Crippen molar-refractivity contribution in [3.05, 3.63) is 52.8 Å². The molecule has 132 valence electrons. The zero-order chi connectivity index (χ0) is 17.8. The SMILES string of the molecule is Cc1[nH]ncc1CNC(=O)N1CCC(c2ccccc2C(=O)O)CC1. The molecule has 0 bridgehead atoms. The van der Waals surface area contributed by atoms with Crippen molar-refractivity contribution in [2.45, 2.75) is 32.2 Å². The van der Waals surface area contributed by atoms with E-state index in [-0.39, 0.29) is 11.9 Å². The van der Waals surface area contributed by atoms with Crippen LogP contribution in [0.4, 0.5) is 4.79 Å². The Bertz CT molecular complexity index is 763. The molecule has 7 nitrogen and oxygen atoms in total. The standard InChI is InChI=1S/C18H22N4O3/c1-12-14(11-20-21-12)10-19-18(25)22-8-6-13(7-9-22)15-4-2-3-5-16(15)17(23)24/h2-5,11,13H,6-10H2,1H3,(H,19,25)(H,20,21)(H,23,24). The lowest BCUT2D eigenvalue weighted by Crippen LogP contribution is -2.44. The molecule has 3 rings (SSSR count). The van der Waals surface area contributed by atoms with E-state index in [4.69, 9.17) is 0 Å². The van der Waals surface area contributed by atoms with Crippen molar-refractivity contribution in [3.63, 3.8) is 0 Å². The van der Waals surface area contributed by atoms with Gasteiger partial charge in [0.05, 0.1) is 11.8 Å². The van der Waals surface area contributed by atoms with Gasteiger partial charge in [-0.15, -0.1) is 0 Å². The largest absolute Gasteiger partial charge is 0.478 e. The van der Waals surface area contributed by atoms with E-state index in [1.54, 1.807) is 23.2 Å². The molecule has 2 aromatic rings. The third-order valence-corrected chi connectivity index (χ3v) is 4.78. The number of hydrogen-bond donors (Lipinski definition) is 3.